The van der Waals surface area contributed by atoms with Gasteiger partial charge in [-0.15, -0.1) is 11.3 Å². The van der Waals surface area contributed by atoms with Gasteiger partial charge in [-0.2, -0.15) is 0 Å². The van der Waals surface area contributed by atoms with Gasteiger partial charge in [0, 0.05) is 16.2 Å². The standard InChI is InChI=1S/C11H16O2S/c1-7(4-5-10(12)13)11-8(2)6-9(3)14-11/h6-7H,4-5H2,1-3H3,(H,12,13). The molecule has 0 saturated carbocycles. The van der Waals surface area contributed by atoms with E-state index in [0.717, 1.165) is 6.42 Å². The van der Waals surface area contributed by atoms with Gasteiger partial charge in [0.2, 0.25) is 0 Å². The van der Waals surface area contributed by atoms with Crippen molar-refractivity contribution in [1.82, 2.24) is 0 Å². The molecule has 0 spiro atoms. The molecule has 1 unspecified atom stereocenters. The first-order chi connectivity index (χ1) is 6.50. The molecule has 0 saturated heterocycles. The lowest BCUT2D eigenvalue weighted by Gasteiger charge is -2.08. The van der Waals surface area contributed by atoms with Crippen LogP contribution in [0.25, 0.3) is 0 Å². The quantitative estimate of drug-likeness (QED) is 0.831. The lowest BCUT2D eigenvalue weighted by Crippen LogP contribution is -1.99. The average molecular weight is 212 g/mol. The minimum Gasteiger partial charge on any atom is -0.481 e. The van der Waals surface area contributed by atoms with Crippen molar-refractivity contribution in [3.63, 3.8) is 0 Å². The smallest absolute Gasteiger partial charge is 0.303 e. The Kier molecular flexibility index (Phi) is 3.69. The van der Waals surface area contributed by atoms with Crippen LogP contribution in [0.2, 0.25) is 0 Å². The van der Waals surface area contributed by atoms with Crippen molar-refractivity contribution >= 4 is 17.3 Å². The average Bonchev–Trinajstić information content (AvgIpc) is 2.41. The van der Waals surface area contributed by atoms with E-state index in [-0.39, 0.29) is 6.42 Å². The summed E-state index contributed by atoms with van der Waals surface area (Å²) in [5, 5.41) is 8.59. The van der Waals surface area contributed by atoms with Gasteiger partial charge in [0.15, 0.2) is 0 Å². The summed E-state index contributed by atoms with van der Waals surface area (Å²) in [6, 6.07) is 2.16. The zero-order chi connectivity index (χ0) is 10.7. The summed E-state index contributed by atoms with van der Waals surface area (Å²) < 4.78 is 0. The summed E-state index contributed by atoms with van der Waals surface area (Å²) in [4.78, 5) is 13.1. The predicted molar refractivity (Wildman–Crippen MR) is 59.1 cm³/mol. The highest BCUT2D eigenvalue weighted by molar-refractivity contribution is 7.12. The lowest BCUT2D eigenvalue weighted by atomic mass is 10.0. The molecule has 1 aromatic heterocycles. The van der Waals surface area contributed by atoms with Crippen LogP contribution in [0, 0.1) is 13.8 Å². The Hall–Kier alpha value is -0.830. The van der Waals surface area contributed by atoms with E-state index in [4.69, 9.17) is 5.11 Å². The van der Waals surface area contributed by atoms with Crippen molar-refractivity contribution in [2.24, 2.45) is 0 Å². The molecule has 0 aliphatic rings. The van der Waals surface area contributed by atoms with Crippen LogP contribution in [0.5, 0.6) is 0 Å². The maximum absolute atomic E-state index is 10.4. The van der Waals surface area contributed by atoms with Gasteiger partial charge in [0.1, 0.15) is 0 Å². The van der Waals surface area contributed by atoms with Crippen molar-refractivity contribution in [3.05, 3.63) is 21.4 Å². The molecule has 2 nitrogen and oxygen atoms in total. The highest BCUT2D eigenvalue weighted by Crippen LogP contribution is 2.31. The normalized spacial score (nSPS) is 12.8. The van der Waals surface area contributed by atoms with E-state index in [1.54, 1.807) is 11.3 Å². The first-order valence-corrected chi connectivity index (χ1v) is 5.61. The van der Waals surface area contributed by atoms with E-state index >= 15 is 0 Å². The SMILES string of the molecule is Cc1cc(C)c(C(C)CCC(=O)O)s1. The number of hydrogen-bond acceptors (Lipinski definition) is 2. The van der Waals surface area contributed by atoms with E-state index in [0.29, 0.717) is 5.92 Å². The van der Waals surface area contributed by atoms with Crippen LogP contribution < -0.4 is 0 Å². The summed E-state index contributed by atoms with van der Waals surface area (Å²) in [6.07, 6.45) is 0.994. The van der Waals surface area contributed by atoms with Crippen molar-refractivity contribution in [2.45, 2.75) is 39.5 Å². The Labute approximate surface area is 88.6 Å². The molecule has 1 N–H and O–H groups in total. The highest BCUT2D eigenvalue weighted by atomic mass is 32.1. The molecule has 78 valence electrons. The number of carboxylic acids is 1. The number of rotatable bonds is 4. The topological polar surface area (TPSA) is 37.3 Å². The maximum atomic E-state index is 10.4. The third kappa shape index (κ3) is 2.84. The van der Waals surface area contributed by atoms with Gasteiger partial charge in [-0.25, -0.2) is 0 Å². The van der Waals surface area contributed by atoms with Gasteiger partial charge in [-0.1, -0.05) is 6.92 Å². The fourth-order valence-corrected chi connectivity index (χ4v) is 2.74. The fraction of sp³-hybridized carbons (Fsp3) is 0.545. The molecule has 0 aliphatic heterocycles. The lowest BCUT2D eigenvalue weighted by molar-refractivity contribution is -0.137. The van der Waals surface area contributed by atoms with Crippen LogP contribution in [0.4, 0.5) is 0 Å². The van der Waals surface area contributed by atoms with Crippen LogP contribution in [0.3, 0.4) is 0 Å². The van der Waals surface area contributed by atoms with Crippen LogP contribution >= 0.6 is 11.3 Å². The Morgan fingerprint density at radius 3 is 2.64 bits per heavy atom. The number of aryl methyl sites for hydroxylation is 2. The van der Waals surface area contributed by atoms with Crippen molar-refractivity contribution in [3.8, 4) is 0 Å². The summed E-state index contributed by atoms with van der Waals surface area (Å²) in [7, 11) is 0. The summed E-state index contributed by atoms with van der Waals surface area (Å²) in [5.74, 6) is -0.340. The number of carbonyl (C=O) groups is 1. The van der Waals surface area contributed by atoms with Crippen molar-refractivity contribution in [1.29, 1.82) is 0 Å². The number of thiophene rings is 1. The molecule has 0 fully saturated rings. The molecule has 1 aromatic rings. The molecule has 0 aliphatic carbocycles. The van der Waals surface area contributed by atoms with E-state index in [1.165, 1.54) is 15.3 Å². The third-order valence-electron chi connectivity index (χ3n) is 2.32. The molecule has 0 bridgehead atoms. The van der Waals surface area contributed by atoms with E-state index < -0.39 is 5.97 Å². The van der Waals surface area contributed by atoms with Crippen LogP contribution in [-0.4, -0.2) is 11.1 Å². The van der Waals surface area contributed by atoms with E-state index in [2.05, 4.69) is 26.8 Å². The Morgan fingerprint density at radius 2 is 2.21 bits per heavy atom. The van der Waals surface area contributed by atoms with Crippen LogP contribution in [0.15, 0.2) is 6.07 Å². The first kappa shape index (κ1) is 11.2. The molecule has 0 aromatic carbocycles. The molecule has 0 amide bonds. The number of hydrogen-bond donors (Lipinski definition) is 1. The zero-order valence-electron chi connectivity index (χ0n) is 8.83. The highest BCUT2D eigenvalue weighted by Gasteiger charge is 2.12. The van der Waals surface area contributed by atoms with Gasteiger partial charge in [0.05, 0.1) is 0 Å². The first-order valence-electron chi connectivity index (χ1n) is 4.79. The van der Waals surface area contributed by atoms with Crippen LogP contribution in [-0.2, 0) is 4.79 Å². The summed E-state index contributed by atoms with van der Waals surface area (Å²) in [6.45, 7) is 6.28. The third-order valence-corrected chi connectivity index (χ3v) is 3.70. The molecular weight excluding hydrogens is 196 g/mol. The number of aliphatic carboxylic acids is 1. The van der Waals surface area contributed by atoms with E-state index in [1.807, 2.05) is 0 Å². The zero-order valence-corrected chi connectivity index (χ0v) is 9.65. The van der Waals surface area contributed by atoms with Gasteiger partial charge in [-0.3, -0.25) is 4.79 Å². The molecule has 14 heavy (non-hydrogen) atoms. The second-order valence-corrected chi connectivity index (χ2v) is 5.03. The Morgan fingerprint density at radius 1 is 1.57 bits per heavy atom. The van der Waals surface area contributed by atoms with Gasteiger partial charge < -0.3 is 5.11 Å². The van der Waals surface area contributed by atoms with Crippen LogP contribution in [0.1, 0.15) is 41.0 Å². The second-order valence-electron chi connectivity index (χ2n) is 3.74. The molecular formula is C11H16O2S. The summed E-state index contributed by atoms with van der Waals surface area (Å²) >= 11 is 1.78. The van der Waals surface area contributed by atoms with Crippen molar-refractivity contribution in [2.75, 3.05) is 0 Å². The fourth-order valence-electron chi connectivity index (χ4n) is 1.62. The minimum atomic E-state index is -0.706. The van der Waals surface area contributed by atoms with E-state index in [9.17, 15) is 4.79 Å². The largest absolute Gasteiger partial charge is 0.481 e. The predicted octanol–water partition coefficient (Wildman–Crippen LogP) is 3.33. The molecule has 0 radical (unpaired) electrons. The summed E-state index contributed by atoms with van der Waals surface area (Å²) in [5.41, 5.74) is 1.30. The number of carboxylic acid groups (broad SMARTS) is 1. The van der Waals surface area contributed by atoms with Gasteiger partial charge >= 0.3 is 5.97 Å². The Balaban J connectivity index is 2.64. The van der Waals surface area contributed by atoms with Gasteiger partial charge in [0.25, 0.3) is 0 Å². The Bertz CT molecular complexity index is 328. The molecule has 1 rings (SSSR count). The second kappa shape index (κ2) is 4.60. The van der Waals surface area contributed by atoms with Gasteiger partial charge in [-0.05, 0) is 37.8 Å². The minimum absolute atomic E-state index is 0.261. The molecule has 1 heterocycles. The molecule has 3 heteroatoms. The van der Waals surface area contributed by atoms with Crippen molar-refractivity contribution < 1.29 is 9.90 Å². The molecule has 1 atom stereocenters. The maximum Gasteiger partial charge on any atom is 0.303 e. The monoisotopic (exact) mass is 212 g/mol.